The van der Waals surface area contributed by atoms with Crippen molar-refractivity contribution < 1.29 is 101 Å². The molecule has 0 amide bonds. The Bertz CT molecular complexity index is 1490. The Labute approximate surface area is 364 Å². The molecule has 2 atom stereocenters. The van der Waals surface area contributed by atoms with E-state index in [1.165, 1.54) is 11.1 Å². The molecule has 0 spiro atoms. The Balaban J connectivity index is -0.000000126. The molecule has 2 unspecified atom stereocenters. The van der Waals surface area contributed by atoms with Crippen LogP contribution in [0.1, 0.15) is 99.8 Å². The SMILES string of the molecule is CC.CC.CCS(=O)(=O)CC.CCS(=O)(=O)CC.CCc1ccccc1CS(=O)(CC)=NC.CCc1ccccc1N=S(C)(=O)CC.[Ar].[Ar]. The molecular weight excluding hydrogens is 753 g/mol. The van der Waals surface area contributed by atoms with Crippen molar-refractivity contribution in [3.63, 3.8) is 0 Å². The number of hydrogen-bond donors (Lipinski definition) is 0. The van der Waals surface area contributed by atoms with Crippen molar-refractivity contribution in [3.05, 3.63) is 65.2 Å². The van der Waals surface area contributed by atoms with Crippen LogP contribution < -0.4 is 0 Å². The zero-order valence-corrected chi connectivity index (χ0v) is 37.3. The predicted molar refractivity (Wildman–Crippen MR) is 212 cm³/mol. The molecule has 2 aromatic carbocycles. The Morgan fingerprint density at radius 1 is 0.510 bits per heavy atom. The molecule has 0 fully saturated rings. The summed E-state index contributed by atoms with van der Waals surface area (Å²) < 4.78 is 73.8. The minimum absolute atomic E-state index is 0. The van der Waals surface area contributed by atoms with Crippen molar-refractivity contribution in [2.75, 3.05) is 47.8 Å². The molecule has 49 heavy (non-hydrogen) atoms. The fourth-order valence-electron chi connectivity index (χ4n) is 3.16. The van der Waals surface area contributed by atoms with Crippen LogP contribution in [0.15, 0.2) is 57.3 Å². The maximum atomic E-state index is 12.2. The Hall–Kier alpha value is 0.759. The third-order valence-corrected chi connectivity index (χ3v) is 14.1. The van der Waals surface area contributed by atoms with Crippen LogP contribution in [0.5, 0.6) is 0 Å². The maximum Gasteiger partial charge on any atom is 0.149 e. The fraction of sp³-hybridized carbons (Fsp3) is 0.657. The van der Waals surface area contributed by atoms with Gasteiger partial charge in [0.25, 0.3) is 0 Å². The van der Waals surface area contributed by atoms with E-state index in [0.29, 0.717) is 17.3 Å². The van der Waals surface area contributed by atoms with Crippen LogP contribution in [0.4, 0.5) is 5.69 Å². The average Bonchev–Trinajstić information content (AvgIpc) is 3.11. The van der Waals surface area contributed by atoms with Gasteiger partial charge in [-0.2, -0.15) is 4.36 Å². The number of benzene rings is 2. The molecule has 294 valence electrons. The second kappa shape index (κ2) is 35.8. The van der Waals surface area contributed by atoms with Crippen molar-refractivity contribution in [3.8, 4) is 0 Å². The standard InChI is InChI=1S/C12H19NOS.C11H17NOS.2C4H10O2S.2C2H6.2Ar/c1-4-11-8-6-7-9-12(11)10-15(14,5-2)13-3;1-4-10-8-6-7-9-11(10)12-14(3,13)5-2;2*1-3-7(5,6)4-2;2*1-2;;/h6-9H,4-5,10H2,1-3H3;6-9H,4-5H2,1-3H3;2*3-4H2,1-2H3;2*1-2H3;;. The van der Waals surface area contributed by atoms with Crippen molar-refractivity contribution in [1.82, 2.24) is 0 Å². The predicted octanol–water partition coefficient (Wildman–Crippen LogP) is 8.80. The summed E-state index contributed by atoms with van der Waals surface area (Å²) in [5, 5.41) is 0. The first-order valence-electron chi connectivity index (χ1n) is 16.8. The van der Waals surface area contributed by atoms with Gasteiger partial charge < -0.3 is 0 Å². The summed E-state index contributed by atoms with van der Waals surface area (Å²) in [5.74, 6) is 2.89. The zero-order chi connectivity index (χ0) is 37.7. The molecule has 0 aromatic heterocycles. The molecular formula is C35H68Ar2N2O6S4. The number of hydrogen-bond acceptors (Lipinski definition) is 8. The third kappa shape index (κ3) is 32.0. The summed E-state index contributed by atoms with van der Waals surface area (Å²) in [7, 11) is -7.72. The van der Waals surface area contributed by atoms with E-state index in [0.717, 1.165) is 24.1 Å². The van der Waals surface area contributed by atoms with E-state index >= 15 is 0 Å². The summed E-state index contributed by atoms with van der Waals surface area (Å²) in [6.07, 6.45) is 3.62. The summed E-state index contributed by atoms with van der Waals surface area (Å²) in [6.45, 7) is 22.6. The smallest absolute Gasteiger partial charge is 0.149 e. The van der Waals surface area contributed by atoms with Crippen LogP contribution in [0.2, 0.25) is 0 Å². The maximum absolute atomic E-state index is 12.2. The van der Waals surface area contributed by atoms with E-state index in [4.69, 9.17) is 0 Å². The van der Waals surface area contributed by atoms with Crippen LogP contribution in [-0.2, 0) is 57.7 Å². The van der Waals surface area contributed by atoms with Gasteiger partial charge in [-0.05, 0) is 35.6 Å². The molecule has 0 aliphatic carbocycles. The Morgan fingerprint density at radius 2 is 0.857 bits per heavy atom. The van der Waals surface area contributed by atoms with Crippen LogP contribution in [0, 0.1) is 75.5 Å². The minimum atomic E-state index is -2.66. The van der Waals surface area contributed by atoms with E-state index in [1.54, 1.807) is 41.0 Å². The van der Waals surface area contributed by atoms with Gasteiger partial charge in [0, 0.05) is 133 Å². The molecule has 0 heterocycles. The molecule has 0 N–H and O–H groups in total. The quantitative estimate of drug-likeness (QED) is 0.223. The number of nitrogens with zero attached hydrogens (tertiary/aromatic N) is 2. The summed E-state index contributed by atoms with van der Waals surface area (Å²) in [4.78, 5) is 0. The number of sulfone groups is 2. The van der Waals surface area contributed by atoms with Gasteiger partial charge in [-0.3, -0.25) is 0 Å². The molecule has 0 aliphatic rings. The van der Waals surface area contributed by atoms with Gasteiger partial charge in [-0.25, -0.2) is 29.6 Å². The van der Waals surface area contributed by atoms with Gasteiger partial charge in [0.05, 0.1) is 21.2 Å². The molecule has 14 heteroatoms. The minimum Gasteiger partial charge on any atom is -0.250 e. The van der Waals surface area contributed by atoms with Crippen LogP contribution >= 0.6 is 0 Å². The van der Waals surface area contributed by atoms with Crippen molar-refractivity contribution in [2.45, 2.75) is 102 Å². The normalized spacial score (nSPS) is 12.3. The molecule has 0 aliphatic heterocycles. The largest absolute Gasteiger partial charge is 0.250 e. The average molecular weight is 821 g/mol. The van der Waals surface area contributed by atoms with Gasteiger partial charge in [0.15, 0.2) is 0 Å². The second-order valence-corrected chi connectivity index (χ2v) is 20.2. The van der Waals surface area contributed by atoms with Gasteiger partial charge in [-0.1, -0.05) is 126 Å². The molecule has 2 rings (SSSR count). The van der Waals surface area contributed by atoms with E-state index in [-0.39, 0.29) is 98.5 Å². The summed E-state index contributed by atoms with van der Waals surface area (Å²) in [6, 6.07) is 16.1. The third-order valence-electron chi connectivity index (χ3n) is 6.62. The molecule has 0 bridgehead atoms. The van der Waals surface area contributed by atoms with E-state index < -0.39 is 39.1 Å². The topological polar surface area (TPSA) is 127 Å². The Kier molecular flexibility index (Phi) is 45.1. The Morgan fingerprint density at radius 3 is 1.14 bits per heavy atom. The van der Waals surface area contributed by atoms with Crippen molar-refractivity contribution in [1.29, 1.82) is 0 Å². The first-order chi connectivity index (χ1) is 22.0. The monoisotopic (exact) mass is 820 g/mol. The first-order valence-corrected chi connectivity index (χ1v) is 24.4. The van der Waals surface area contributed by atoms with Crippen LogP contribution in [0.3, 0.4) is 0 Å². The summed E-state index contributed by atoms with van der Waals surface area (Å²) in [5.41, 5.74) is 4.50. The van der Waals surface area contributed by atoms with Crippen molar-refractivity contribution in [2.24, 2.45) is 8.73 Å². The molecule has 0 saturated heterocycles. The van der Waals surface area contributed by atoms with E-state index in [9.17, 15) is 25.3 Å². The van der Waals surface area contributed by atoms with Crippen molar-refractivity contribution >= 4 is 44.8 Å². The van der Waals surface area contributed by atoms with Gasteiger partial charge in [0.1, 0.15) is 19.7 Å². The van der Waals surface area contributed by atoms with Gasteiger partial charge in [-0.15, -0.1) is 0 Å². The van der Waals surface area contributed by atoms with Crippen LogP contribution in [0.25, 0.3) is 0 Å². The number of aryl methyl sites for hydroxylation is 2. The van der Waals surface area contributed by atoms with E-state index in [2.05, 4.69) is 34.7 Å². The number of rotatable bonds is 11. The van der Waals surface area contributed by atoms with Gasteiger partial charge in [0.2, 0.25) is 0 Å². The molecule has 8 nitrogen and oxygen atoms in total. The summed E-state index contributed by atoms with van der Waals surface area (Å²) >= 11 is 0. The van der Waals surface area contributed by atoms with Gasteiger partial charge >= 0.3 is 0 Å². The zero-order valence-electron chi connectivity index (χ0n) is 32.7. The van der Waals surface area contributed by atoms with E-state index in [1.807, 2.05) is 77.9 Å². The molecule has 0 saturated carbocycles. The second-order valence-electron chi connectivity index (χ2n) is 9.47. The molecule has 0 radical (unpaired) electrons. The first kappa shape index (κ1) is 61.8. The fourth-order valence-corrected chi connectivity index (χ4v) is 6.06. The molecule has 2 aromatic rings. The van der Waals surface area contributed by atoms with Crippen LogP contribution in [-0.4, -0.2) is 73.1 Å².